The van der Waals surface area contributed by atoms with Gasteiger partial charge < -0.3 is 4.11 Å². The summed E-state index contributed by atoms with van der Waals surface area (Å²) >= 11 is 0. The van der Waals surface area contributed by atoms with E-state index in [4.69, 9.17) is 0 Å². The van der Waals surface area contributed by atoms with Crippen molar-refractivity contribution >= 4 is 8.41 Å². The lowest BCUT2D eigenvalue weighted by molar-refractivity contribution is 0.581. The number of unbranched alkanes of at least 4 members (excludes halogenated alkanes) is 7. The van der Waals surface area contributed by atoms with Gasteiger partial charge in [-0.25, -0.2) is 0 Å². The zero-order valence-corrected chi connectivity index (χ0v) is 11.2. The minimum atomic E-state index is -2.24. The molecule has 14 heavy (non-hydrogen) atoms. The van der Waals surface area contributed by atoms with Crippen molar-refractivity contribution in [2.75, 3.05) is 0 Å². The summed E-state index contributed by atoms with van der Waals surface area (Å²) in [6, 6.07) is 0.863. The van der Waals surface area contributed by atoms with E-state index >= 15 is 0 Å². The predicted octanol–water partition coefficient (Wildman–Crippen LogP) is 5.30. The minimum absolute atomic E-state index is 0.863. The molecule has 0 radical (unpaired) electrons. The van der Waals surface area contributed by atoms with E-state index in [0.29, 0.717) is 0 Å². The SMILES string of the molecule is CCCCCCCCCC[Si](C)(C)F. The Kier molecular flexibility index (Phi) is 8.54. The molecule has 0 nitrogen and oxygen atoms in total. The van der Waals surface area contributed by atoms with Crippen LogP contribution in [0.2, 0.25) is 19.1 Å². The highest BCUT2D eigenvalue weighted by molar-refractivity contribution is 6.70. The molecule has 0 amide bonds. The van der Waals surface area contributed by atoms with Crippen molar-refractivity contribution in [3.8, 4) is 0 Å². The van der Waals surface area contributed by atoms with Crippen LogP contribution < -0.4 is 0 Å². The second kappa shape index (κ2) is 8.45. The monoisotopic (exact) mass is 218 g/mol. The molecular formula is C12H27FSi. The van der Waals surface area contributed by atoms with Crippen molar-refractivity contribution in [1.29, 1.82) is 0 Å². The van der Waals surface area contributed by atoms with Gasteiger partial charge in [-0.05, 0) is 19.1 Å². The van der Waals surface area contributed by atoms with E-state index in [1.165, 1.54) is 44.9 Å². The lowest BCUT2D eigenvalue weighted by Gasteiger charge is -2.09. The first-order valence-electron chi connectivity index (χ1n) is 6.25. The summed E-state index contributed by atoms with van der Waals surface area (Å²) in [5.41, 5.74) is 0. The molecule has 0 aliphatic rings. The van der Waals surface area contributed by atoms with Crippen LogP contribution in [0.25, 0.3) is 0 Å². The normalized spacial score (nSPS) is 12.0. The second-order valence-corrected chi connectivity index (χ2v) is 8.88. The maximum absolute atomic E-state index is 13.2. The predicted molar refractivity (Wildman–Crippen MR) is 66.0 cm³/mol. The Labute approximate surface area is 90.5 Å². The molecule has 86 valence electrons. The summed E-state index contributed by atoms with van der Waals surface area (Å²) in [6.45, 7) is 5.87. The molecule has 0 aromatic heterocycles. The zero-order chi connectivity index (χ0) is 10.9. The molecule has 0 unspecified atom stereocenters. The van der Waals surface area contributed by atoms with E-state index in [9.17, 15) is 4.11 Å². The third-order valence-corrected chi connectivity index (χ3v) is 4.17. The minimum Gasteiger partial charge on any atom is -0.314 e. The van der Waals surface area contributed by atoms with Gasteiger partial charge in [-0.2, -0.15) is 0 Å². The van der Waals surface area contributed by atoms with Crippen molar-refractivity contribution in [2.24, 2.45) is 0 Å². The lowest BCUT2D eigenvalue weighted by Crippen LogP contribution is -2.16. The zero-order valence-electron chi connectivity index (χ0n) is 10.2. The number of hydrogen-bond acceptors (Lipinski definition) is 0. The van der Waals surface area contributed by atoms with E-state index in [2.05, 4.69) is 6.92 Å². The van der Waals surface area contributed by atoms with Gasteiger partial charge in [0.25, 0.3) is 0 Å². The van der Waals surface area contributed by atoms with E-state index in [0.717, 1.165) is 12.5 Å². The average molecular weight is 218 g/mol. The summed E-state index contributed by atoms with van der Waals surface area (Å²) in [7, 11) is -2.24. The van der Waals surface area contributed by atoms with Crippen molar-refractivity contribution in [3.63, 3.8) is 0 Å². The van der Waals surface area contributed by atoms with Gasteiger partial charge in [0.15, 0.2) is 0 Å². The topological polar surface area (TPSA) is 0 Å². The molecular weight excluding hydrogens is 191 g/mol. The van der Waals surface area contributed by atoms with Crippen LogP contribution >= 0.6 is 0 Å². The van der Waals surface area contributed by atoms with Crippen molar-refractivity contribution < 1.29 is 4.11 Å². The molecule has 0 fully saturated rings. The second-order valence-electron chi connectivity index (χ2n) is 4.94. The van der Waals surface area contributed by atoms with Crippen LogP contribution in [0.5, 0.6) is 0 Å². The van der Waals surface area contributed by atoms with Gasteiger partial charge in [0.05, 0.1) is 0 Å². The fourth-order valence-electron chi connectivity index (χ4n) is 1.68. The number of halogens is 1. The van der Waals surface area contributed by atoms with Crippen LogP contribution in [-0.4, -0.2) is 8.41 Å². The molecule has 0 rings (SSSR count). The maximum atomic E-state index is 13.2. The van der Waals surface area contributed by atoms with E-state index in [1.807, 2.05) is 13.1 Å². The van der Waals surface area contributed by atoms with Gasteiger partial charge in [0.1, 0.15) is 0 Å². The Bertz CT molecular complexity index is 118. The Morgan fingerprint density at radius 3 is 1.64 bits per heavy atom. The van der Waals surface area contributed by atoms with Gasteiger partial charge in [-0.3, -0.25) is 0 Å². The summed E-state index contributed by atoms with van der Waals surface area (Å²) in [5.74, 6) is 0. The third kappa shape index (κ3) is 12.1. The van der Waals surface area contributed by atoms with Gasteiger partial charge in [-0.1, -0.05) is 58.3 Å². The first-order valence-corrected chi connectivity index (χ1v) is 9.33. The van der Waals surface area contributed by atoms with Gasteiger partial charge >= 0.3 is 0 Å². The first-order chi connectivity index (χ1) is 6.56. The smallest absolute Gasteiger partial charge is 0.240 e. The number of hydrogen-bond donors (Lipinski definition) is 0. The Balaban J connectivity index is 2.99. The van der Waals surface area contributed by atoms with Crippen LogP contribution in [0, 0.1) is 0 Å². The van der Waals surface area contributed by atoms with Crippen molar-refractivity contribution in [2.45, 2.75) is 77.4 Å². The Morgan fingerprint density at radius 1 is 0.786 bits per heavy atom. The quantitative estimate of drug-likeness (QED) is 0.280. The molecule has 2 heteroatoms. The largest absolute Gasteiger partial charge is 0.314 e. The van der Waals surface area contributed by atoms with Crippen molar-refractivity contribution in [1.82, 2.24) is 0 Å². The van der Waals surface area contributed by atoms with Gasteiger partial charge in [0.2, 0.25) is 8.41 Å². The number of rotatable bonds is 9. The van der Waals surface area contributed by atoms with Gasteiger partial charge in [0, 0.05) is 0 Å². The van der Waals surface area contributed by atoms with Crippen LogP contribution in [0.4, 0.5) is 4.11 Å². The average Bonchev–Trinajstić information content (AvgIpc) is 2.08. The molecule has 0 aliphatic carbocycles. The standard InChI is InChI=1S/C12H27FSi/c1-4-5-6-7-8-9-10-11-12-14(2,3)13/h4-12H2,1-3H3. The fourth-order valence-corrected chi connectivity index (χ4v) is 2.77. The molecule has 0 heterocycles. The molecule has 0 aromatic rings. The van der Waals surface area contributed by atoms with Crippen LogP contribution in [0.15, 0.2) is 0 Å². The van der Waals surface area contributed by atoms with Crippen LogP contribution in [-0.2, 0) is 0 Å². The van der Waals surface area contributed by atoms with Gasteiger partial charge in [-0.15, -0.1) is 0 Å². The molecule has 0 bridgehead atoms. The van der Waals surface area contributed by atoms with E-state index < -0.39 is 8.41 Å². The highest BCUT2D eigenvalue weighted by Gasteiger charge is 2.18. The summed E-state index contributed by atoms with van der Waals surface area (Å²) in [5, 5.41) is 0. The van der Waals surface area contributed by atoms with E-state index in [-0.39, 0.29) is 0 Å². The molecule has 0 saturated carbocycles. The first kappa shape index (κ1) is 14.1. The summed E-state index contributed by atoms with van der Waals surface area (Å²) in [4.78, 5) is 0. The summed E-state index contributed by atoms with van der Waals surface area (Å²) < 4.78 is 13.2. The summed E-state index contributed by atoms with van der Waals surface area (Å²) in [6.07, 6.45) is 10.5. The molecule has 0 aliphatic heterocycles. The Hall–Kier alpha value is 0.147. The lowest BCUT2D eigenvalue weighted by atomic mass is 10.1. The van der Waals surface area contributed by atoms with Crippen LogP contribution in [0.3, 0.4) is 0 Å². The Morgan fingerprint density at radius 2 is 1.21 bits per heavy atom. The highest BCUT2D eigenvalue weighted by atomic mass is 28.4. The molecule has 0 spiro atoms. The fraction of sp³-hybridized carbons (Fsp3) is 1.00. The highest BCUT2D eigenvalue weighted by Crippen LogP contribution is 2.16. The third-order valence-electron chi connectivity index (χ3n) is 2.62. The molecule has 0 N–H and O–H groups in total. The molecule has 0 aromatic carbocycles. The molecule has 0 atom stereocenters. The van der Waals surface area contributed by atoms with Crippen molar-refractivity contribution in [3.05, 3.63) is 0 Å². The van der Waals surface area contributed by atoms with Crippen LogP contribution in [0.1, 0.15) is 58.3 Å². The van der Waals surface area contributed by atoms with E-state index in [1.54, 1.807) is 0 Å². The molecule has 0 saturated heterocycles. The maximum Gasteiger partial charge on any atom is 0.240 e.